The van der Waals surface area contributed by atoms with Crippen LogP contribution in [0.2, 0.25) is 0 Å². The van der Waals surface area contributed by atoms with Crippen LogP contribution in [-0.2, 0) is 4.74 Å². The van der Waals surface area contributed by atoms with Gasteiger partial charge in [0.2, 0.25) is 0 Å². The number of nitrogens with one attached hydrogen (secondary N) is 1. The van der Waals surface area contributed by atoms with Crippen molar-refractivity contribution in [3.05, 3.63) is 81.4 Å². The topological polar surface area (TPSA) is 81.5 Å². The lowest BCUT2D eigenvalue weighted by molar-refractivity contribution is -0.385. The number of para-hydroxylation sites is 2. The second-order valence-electron chi connectivity index (χ2n) is 6.55. The molecule has 2 aromatic carbocycles. The number of allylic oxidation sites excluding steroid dienone is 2. The minimum Gasteiger partial charge on any atom is -0.465 e. The van der Waals surface area contributed by atoms with Gasteiger partial charge in [0.05, 0.1) is 34.9 Å². The molecule has 132 valence electrons. The van der Waals surface area contributed by atoms with E-state index in [0.717, 1.165) is 12.0 Å². The van der Waals surface area contributed by atoms with Crippen LogP contribution >= 0.6 is 0 Å². The first-order valence-electron chi connectivity index (χ1n) is 8.49. The first-order chi connectivity index (χ1) is 12.6. The molecule has 1 aliphatic carbocycles. The molecule has 1 heterocycles. The molecule has 0 saturated carbocycles. The zero-order chi connectivity index (χ0) is 18.3. The molecule has 0 unspecified atom stereocenters. The van der Waals surface area contributed by atoms with Crippen molar-refractivity contribution in [2.75, 3.05) is 12.4 Å². The van der Waals surface area contributed by atoms with Crippen molar-refractivity contribution in [2.24, 2.45) is 5.92 Å². The minimum absolute atomic E-state index is 0.0923. The number of benzene rings is 2. The normalized spacial score (nSPS) is 22.9. The first-order valence-corrected chi connectivity index (χ1v) is 8.49. The number of carbonyl (C=O) groups is 1. The Bertz CT molecular complexity index is 922. The summed E-state index contributed by atoms with van der Waals surface area (Å²) in [5.41, 5.74) is 2.92. The molecule has 0 saturated heterocycles. The molecule has 4 rings (SSSR count). The van der Waals surface area contributed by atoms with Crippen LogP contribution in [0.15, 0.2) is 54.6 Å². The van der Waals surface area contributed by atoms with E-state index in [4.69, 9.17) is 4.74 Å². The lowest BCUT2D eigenvalue weighted by atomic mass is 9.76. The predicted octanol–water partition coefficient (Wildman–Crippen LogP) is 4.21. The average Bonchev–Trinajstić information content (AvgIpc) is 3.16. The molecule has 3 atom stereocenters. The number of carbonyl (C=O) groups excluding carboxylic acids is 1. The fourth-order valence-corrected chi connectivity index (χ4v) is 4.13. The monoisotopic (exact) mass is 350 g/mol. The Morgan fingerprint density at radius 2 is 1.96 bits per heavy atom. The van der Waals surface area contributed by atoms with E-state index < -0.39 is 5.97 Å². The van der Waals surface area contributed by atoms with Gasteiger partial charge in [0.15, 0.2) is 0 Å². The molecule has 0 amide bonds. The van der Waals surface area contributed by atoms with Gasteiger partial charge in [-0.25, -0.2) is 4.79 Å². The predicted molar refractivity (Wildman–Crippen MR) is 97.2 cm³/mol. The maximum Gasteiger partial charge on any atom is 0.339 e. The molecule has 0 fully saturated rings. The molecule has 1 N–H and O–H groups in total. The number of nitro groups is 1. The van der Waals surface area contributed by atoms with E-state index in [1.165, 1.54) is 13.2 Å². The zero-order valence-corrected chi connectivity index (χ0v) is 14.2. The fraction of sp³-hybridized carbons (Fsp3) is 0.250. The highest BCUT2D eigenvalue weighted by Crippen LogP contribution is 2.51. The standard InChI is InChI=1S/C20H18N2O4/c1-26-20(23)16-10-5-9-14-12-7-4-8-13(12)18(21-19(14)16)15-6-2-3-11-17(15)22(24)25/h2-7,9-13,18,21H,8H2,1H3/t12-,13-,18-/m0/s1. The molecule has 0 aromatic heterocycles. The van der Waals surface area contributed by atoms with Crippen molar-refractivity contribution >= 4 is 17.3 Å². The van der Waals surface area contributed by atoms with Gasteiger partial charge in [0.1, 0.15) is 0 Å². The number of hydrogen-bond donors (Lipinski definition) is 1. The molecule has 1 aliphatic heterocycles. The maximum atomic E-state index is 12.2. The first kappa shape index (κ1) is 16.3. The molecule has 6 nitrogen and oxygen atoms in total. The van der Waals surface area contributed by atoms with E-state index in [9.17, 15) is 14.9 Å². The van der Waals surface area contributed by atoms with Gasteiger partial charge >= 0.3 is 5.97 Å². The van der Waals surface area contributed by atoms with Gasteiger partial charge in [-0.2, -0.15) is 0 Å². The highest BCUT2D eigenvalue weighted by Gasteiger charge is 2.41. The smallest absolute Gasteiger partial charge is 0.339 e. The summed E-state index contributed by atoms with van der Waals surface area (Å²) in [6.45, 7) is 0. The van der Waals surface area contributed by atoms with Crippen molar-refractivity contribution in [1.29, 1.82) is 0 Å². The summed E-state index contributed by atoms with van der Waals surface area (Å²) in [4.78, 5) is 23.4. The van der Waals surface area contributed by atoms with Gasteiger partial charge in [0, 0.05) is 12.0 Å². The van der Waals surface area contributed by atoms with Crippen LogP contribution in [0.25, 0.3) is 0 Å². The lowest BCUT2D eigenvalue weighted by Gasteiger charge is -2.37. The van der Waals surface area contributed by atoms with Crippen molar-refractivity contribution in [2.45, 2.75) is 18.4 Å². The van der Waals surface area contributed by atoms with E-state index in [2.05, 4.69) is 17.5 Å². The molecular weight excluding hydrogens is 332 g/mol. The van der Waals surface area contributed by atoms with Crippen LogP contribution in [0.5, 0.6) is 0 Å². The maximum absolute atomic E-state index is 12.2. The van der Waals surface area contributed by atoms with E-state index in [0.29, 0.717) is 16.8 Å². The summed E-state index contributed by atoms with van der Waals surface area (Å²) in [5, 5.41) is 14.9. The van der Waals surface area contributed by atoms with Crippen molar-refractivity contribution < 1.29 is 14.5 Å². The Labute approximate surface area is 150 Å². The van der Waals surface area contributed by atoms with Crippen LogP contribution in [0.3, 0.4) is 0 Å². The molecule has 26 heavy (non-hydrogen) atoms. The lowest BCUT2D eigenvalue weighted by Crippen LogP contribution is -2.30. The highest BCUT2D eigenvalue weighted by atomic mass is 16.6. The number of hydrogen-bond acceptors (Lipinski definition) is 5. The minimum atomic E-state index is -0.420. The summed E-state index contributed by atoms with van der Waals surface area (Å²) >= 11 is 0. The third-order valence-corrected chi connectivity index (χ3v) is 5.27. The molecule has 0 bridgehead atoms. The van der Waals surface area contributed by atoms with Gasteiger partial charge in [-0.1, -0.05) is 42.5 Å². The average molecular weight is 350 g/mol. The summed E-state index contributed by atoms with van der Waals surface area (Å²) < 4.78 is 4.91. The largest absolute Gasteiger partial charge is 0.465 e. The Hall–Kier alpha value is -3.15. The van der Waals surface area contributed by atoms with Crippen LogP contribution in [-0.4, -0.2) is 18.0 Å². The number of nitro benzene ring substituents is 1. The van der Waals surface area contributed by atoms with Gasteiger partial charge < -0.3 is 10.1 Å². The van der Waals surface area contributed by atoms with Gasteiger partial charge in [0.25, 0.3) is 5.69 Å². The van der Waals surface area contributed by atoms with Crippen molar-refractivity contribution in [3.8, 4) is 0 Å². The second kappa shape index (κ2) is 6.29. The van der Waals surface area contributed by atoms with Crippen LogP contribution in [0, 0.1) is 16.0 Å². The molecular formula is C20H18N2O4. The third-order valence-electron chi connectivity index (χ3n) is 5.27. The van der Waals surface area contributed by atoms with Crippen molar-refractivity contribution in [3.63, 3.8) is 0 Å². The number of fused-ring (bicyclic) bond motifs is 3. The van der Waals surface area contributed by atoms with Gasteiger partial charge in [-0.3, -0.25) is 10.1 Å². The van der Waals surface area contributed by atoms with E-state index in [1.807, 2.05) is 18.2 Å². The number of methoxy groups -OCH3 is 1. The molecule has 2 aliphatic rings. The van der Waals surface area contributed by atoms with E-state index in [1.54, 1.807) is 18.2 Å². The fourth-order valence-electron chi connectivity index (χ4n) is 4.13. The van der Waals surface area contributed by atoms with Crippen LogP contribution in [0.4, 0.5) is 11.4 Å². The SMILES string of the molecule is COC(=O)c1cccc2c1N[C@H](c1ccccc1[N+](=O)[O-])[C@H]1CC=C[C@H]21. The third kappa shape index (κ3) is 2.45. The quantitative estimate of drug-likeness (QED) is 0.388. The van der Waals surface area contributed by atoms with E-state index >= 15 is 0 Å². The molecule has 2 aromatic rings. The Kier molecular flexibility index (Phi) is 3.95. The number of nitrogens with zero attached hydrogens (tertiary/aromatic N) is 1. The highest BCUT2D eigenvalue weighted by molar-refractivity contribution is 5.97. The number of rotatable bonds is 3. The Morgan fingerprint density at radius 3 is 2.73 bits per heavy atom. The molecule has 0 radical (unpaired) electrons. The zero-order valence-electron chi connectivity index (χ0n) is 14.2. The Morgan fingerprint density at radius 1 is 1.19 bits per heavy atom. The van der Waals surface area contributed by atoms with Gasteiger partial charge in [-0.05, 0) is 24.0 Å². The summed E-state index contributed by atoms with van der Waals surface area (Å²) in [6.07, 6.45) is 5.07. The van der Waals surface area contributed by atoms with Gasteiger partial charge in [-0.15, -0.1) is 0 Å². The summed E-state index contributed by atoms with van der Waals surface area (Å²) in [7, 11) is 1.35. The summed E-state index contributed by atoms with van der Waals surface area (Å²) in [6, 6.07) is 12.1. The summed E-state index contributed by atoms with van der Waals surface area (Å²) in [5.74, 6) is -0.145. The molecule has 0 spiro atoms. The van der Waals surface area contributed by atoms with Crippen LogP contribution < -0.4 is 5.32 Å². The van der Waals surface area contributed by atoms with Crippen molar-refractivity contribution in [1.82, 2.24) is 0 Å². The molecule has 6 heteroatoms. The second-order valence-corrected chi connectivity index (χ2v) is 6.55. The Balaban J connectivity index is 1.87. The number of esters is 1. The number of anilines is 1. The number of ether oxygens (including phenoxy) is 1. The van der Waals surface area contributed by atoms with Crippen LogP contribution in [0.1, 0.15) is 39.9 Å². The van der Waals surface area contributed by atoms with E-state index in [-0.39, 0.29) is 28.5 Å².